The second-order valence-electron chi connectivity index (χ2n) is 5.68. The van der Waals surface area contributed by atoms with Crippen molar-refractivity contribution in [3.63, 3.8) is 0 Å². The van der Waals surface area contributed by atoms with Gasteiger partial charge in [-0.1, -0.05) is 15.9 Å². The smallest absolute Gasteiger partial charge is 0.240 e. The molecule has 0 spiro atoms. The van der Waals surface area contributed by atoms with Crippen LogP contribution in [-0.2, 0) is 4.79 Å². The lowest BCUT2D eigenvalue weighted by molar-refractivity contribution is -0.117. The highest BCUT2D eigenvalue weighted by atomic mass is 79.9. The molecular formula is C14H16BrN5O. The van der Waals surface area contributed by atoms with E-state index in [9.17, 15) is 4.79 Å². The Morgan fingerprint density at radius 3 is 2.57 bits per heavy atom. The molecule has 0 bridgehead atoms. The van der Waals surface area contributed by atoms with Crippen LogP contribution in [0.5, 0.6) is 0 Å². The summed E-state index contributed by atoms with van der Waals surface area (Å²) in [5.74, 6) is 0.689. The van der Waals surface area contributed by atoms with E-state index >= 15 is 0 Å². The van der Waals surface area contributed by atoms with Gasteiger partial charge in [-0.05, 0) is 61.4 Å². The maximum Gasteiger partial charge on any atom is 0.240 e. The van der Waals surface area contributed by atoms with Crippen LogP contribution in [0.1, 0.15) is 32.7 Å². The average molecular weight is 350 g/mol. The third kappa shape index (κ3) is 3.12. The topological polar surface area (TPSA) is 72.7 Å². The number of benzene rings is 1. The Morgan fingerprint density at radius 2 is 2.00 bits per heavy atom. The number of amides is 1. The van der Waals surface area contributed by atoms with Gasteiger partial charge < -0.3 is 5.32 Å². The van der Waals surface area contributed by atoms with Crippen LogP contribution >= 0.6 is 15.9 Å². The van der Waals surface area contributed by atoms with Crippen molar-refractivity contribution in [1.29, 1.82) is 0 Å². The van der Waals surface area contributed by atoms with Crippen LogP contribution in [0.2, 0.25) is 0 Å². The third-order valence-corrected chi connectivity index (χ3v) is 3.69. The third-order valence-electron chi connectivity index (χ3n) is 3.33. The Bertz CT molecular complexity index is 655. The molecule has 1 fully saturated rings. The van der Waals surface area contributed by atoms with Crippen LogP contribution in [0.25, 0.3) is 11.4 Å². The molecule has 0 saturated heterocycles. The number of halogens is 1. The lowest BCUT2D eigenvalue weighted by Gasteiger charge is -2.15. The number of nitrogens with one attached hydrogen (secondary N) is 1. The fourth-order valence-corrected chi connectivity index (χ4v) is 2.03. The normalized spacial score (nSPS) is 15.0. The van der Waals surface area contributed by atoms with Crippen molar-refractivity contribution < 1.29 is 4.79 Å². The first-order valence-corrected chi connectivity index (χ1v) is 7.63. The van der Waals surface area contributed by atoms with Crippen LogP contribution in [0.4, 0.5) is 5.69 Å². The van der Waals surface area contributed by atoms with E-state index in [0.717, 1.165) is 29.9 Å². The molecule has 1 heterocycles. The Balaban J connectivity index is 1.78. The van der Waals surface area contributed by atoms with Gasteiger partial charge in [-0.15, -0.1) is 5.10 Å². The van der Waals surface area contributed by atoms with Gasteiger partial charge in [-0.2, -0.15) is 0 Å². The predicted octanol–water partition coefficient (Wildman–Crippen LogP) is 2.79. The molecule has 110 valence electrons. The molecule has 0 unspecified atom stereocenters. The van der Waals surface area contributed by atoms with Crippen molar-refractivity contribution in [2.45, 2.75) is 37.1 Å². The largest absolute Gasteiger partial charge is 0.325 e. The van der Waals surface area contributed by atoms with Gasteiger partial charge in [-0.25, -0.2) is 4.68 Å². The van der Waals surface area contributed by atoms with Gasteiger partial charge in [0.25, 0.3) is 0 Å². The monoisotopic (exact) mass is 349 g/mol. The molecule has 1 N–H and O–H groups in total. The molecule has 7 heteroatoms. The summed E-state index contributed by atoms with van der Waals surface area (Å²) < 4.78 is 1.27. The molecule has 1 aromatic heterocycles. The summed E-state index contributed by atoms with van der Waals surface area (Å²) in [5.41, 5.74) is 1.70. The maximum absolute atomic E-state index is 11.9. The zero-order valence-electron chi connectivity index (χ0n) is 11.9. The average Bonchev–Trinajstić information content (AvgIpc) is 3.16. The first-order valence-electron chi connectivity index (χ1n) is 6.84. The molecule has 0 aliphatic heterocycles. The Hall–Kier alpha value is -1.76. The second-order valence-corrected chi connectivity index (χ2v) is 7.66. The number of carbonyl (C=O) groups is 1. The summed E-state index contributed by atoms with van der Waals surface area (Å²) in [6, 6.07) is 7.99. The second kappa shape index (κ2) is 5.22. The zero-order valence-corrected chi connectivity index (χ0v) is 13.5. The van der Waals surface area contributed by atoms with Crippen molar-refractivity contribution >= 4 is 27.5 Å². The molecule has 21 heavy (non-hydrogen) atoms. The minimum absolute atomic E-state index is 0.0851. The van der Waals surface area contributed by atoms with Crippen LogP contribution in [0, 0.1) is 0 Å². The summed E-state index contributed by atoms with van der Waals surface area (Å²) in [6.07, 6.45) is 2.26. The highest BCUT2D eigenvalue weighted by Crippen LogP contribution is 2.36. The molecule has 0 radical (unpaired) electrons. The van der Waals surface area contributed by atoms with Gasteiger partial charge in [0.05, 0.1) is 10.4 Å². The number of tetrazole rings is 1. The Labute approximate surface area is 131 Å². The molecule has 1 aromatic carbocycles. The highest BCUT2D eigenvalue weighted by molar-refractivity contribution is 9.10. The van der Waals surface area contributed by atoms with Crippen LogP contribution in [-0.4, -0.2) is 30.4 Å². The van der Waals surface area contributed by atoms with Crippen molar-refractivity contribution in [3.05, 3.63) is 24.3 Å². The molecule has 3 rings (SSSR count). The van der Waals surface area contributed by atoms with Gasteiger partial charge in [0.2, 0.25) is 5.91 Å². The standard InChI is InChI=1S/C14H16BrN5O/c1-14(2,15)13(21)16-10-5-3-9(4-6-10)12-17-18-19-20(12)11-7-8-11/h3-6,11H,7-8H2,1-2H3,(H,16,21). The van der Waals surface area contributed by atoms with E-state index < -0.39 is 4.32 Å². The lowest BCUT2D eigenvalue weighted by atomic mass is 10.1. The Morgan fingerprint density at radius 1 is 1.33 bits per heavy atom. The molecule has 2 aromatic rings. The quantitative estimate of drug-likeness (QED) is 0.861. The number of hydrogen-bond acceptors (Lipinski definition) is 4. The molecule has 1 amide bonds. The van der Waals surface area contributed by atoms with Gasteiger partial charge in [-0.3, -0.25) is 4.79 Å². The molecule has 1 aliphatic rings. The van der Waals surface area contributed by atoms with Gasteiger partial charge >= 0.3 is 0 Å². The minimum Gasteiger partial charge on any atom is -0.325 e. The van der Waals surface area contributed by atoms with E-state index in [0.29, 0.717) is 6.04 Å². The lowest BCUT2D eigenvalue weighted by Crippen LogP contribution is -2.30. The van der Waals surface area contributed by atoms with Crippen LogP contribution in [0.3, 0.4) is 0 Å². The fourth-order valence-electron chi connectivity index (χ4n) is 1.93. The summed E-state index contributed by atoms with van der Waals surface area (Å²) in [4.78, 5) is 11.9. The molecule has 1 saturated carbocycles. The number of nitrogens with zero attached hydrogens (tertiary/aromatic N) is 4. The molecule has 6 nitrogen and oxygen atoms in total. The molecular weight excluding hydrogens is 334 g/mol. The van der Waals surface area contributed by atoms with Crippen LogP contribution in [0.15, 0.2) is 24.3 Å². The number of aromatic nitrogens is 4. The zero-order chi connectivity index (χ0) is 15.0. The SMILES string of the molecule is CC(C)(Br)C(=O)Nc1ccc(-c2nnnn2C2CC2)cc1. The van der Waals surface area contributed by atoms with Gasteiger partial charge in [0.1, 0.15) is 0 Å². The number of rotatable bonds is 4. The number of carbonyl (C=O) groups excluding carboxylic acids is 1. The van der Waals surface area contributed by atoms with Crippen LogP contribution < -0.4 is 5.32 Å². The highest BCUT2D eigenvalue weighted by Gasteiger charge is 2.28. The number of alkyl halides is 1. The van der Waals surface area contributed by atoms with Crippen molar-refractivity contribution in [2.75, 3.05) is 5.32 Å². The summed E-state index contributed by atoms with van der Waals surface area (Å²) in [5, 5.41) is 14.7. The fraction of sp³-hybridized carbons (Fsp3) is 0.429. The van der Waals surface area contributed by atoms with Crippen molar-refractivity contribution in [2.24, 2.45) is 0 Å². The van der Waals surface area contributed by atoms with E-state index in [-0.39, 0.29) is 5.91 Å². The van der Waals surface area contributed by atoms with Gasteiger partial charge in [0.15, 0.2) is 5.82 Å². The van der Waals surface area contributed by atoms with E-state index in [1.165, 1.54) is 0 Å². The van der Waals surface area contributed by atoms with E-state index in [4.69, 9.17) is 0 Å². The first kappa shape index (κ1) is 14.2. The number of hydrogen-bond donors (Lipinski definition) is 1. The maximum atomic E-state index is 11.9. The summed E-state index contributed by atoms with van der Waals surface area (Å²) in [7, 11) is 0. The first-order chi connectivity index (χ1) is 9.95. The van der Waals surface area contributed by atoms with E-state index in [1.807, 2.05) is 28.9 Å². The van der Waals surface area contributed by atoms with Crippen molar-refractivity contribution in [3.8, 4) is 11.4 Å². The van der Waals surface area contributed by atoms with Gasteiger partial charge in [0, 0.05) is 11.3 Å². The predicted molar refractivity (Wildman–Crippen MR) is 83.2 cm³/mol. The van der Waals surface area contributed by atoms with Crippen molar-refractivity contribution in [1.82, 2.24) is 20.2 Å². The van der Waals surface area contributed by atoms with E-state index in [1.54, 1.807) is 13.8 Å². The number of anilines is 1. The molecule has 1 aliphatic carbocycles. The van der Waals surface area contributed by atoms with E-state index in [2.05, 4.69) is 36.8 Å². The minimum atomic E-state index is -0.595. The summed E-state index contributed by atoms with van der Waals surface area (Å²) in [6.45, 7) is 3.61. The Kier molecular flexibility index (Phi) is 3.52. The molecule has 0 atom stereocenters. The summed E-state index contributed by atoms with van der Waals surface area (Å²) >= 11 is 3.34.